The van der Waals surface area contributed by atoms with E-state index in [4.69, 9.17) is 4.99 Å². The molecular formula is C27H33BrN6O4S2. The Hall–Kier alpha value is -2.58. The number of rotatable bonds is 9. The van der Waals surface area contributed by atoms with Crippen LogP contribution in [0.5, 0.6) is 0 Å². The molecule has 1 saturated heterocycles. The van der Waals surface area contributed by atoms with Gasteiger partial charge in [0.15, 0.2) is 0 Å². The minimum atomic E-state index is -3.59. The number of benzene rings is 1. The number of fused-ring (bicyclic) bond motifs is 1. The molecule has 214 valence electrons. The molecule has 10 nitrogen and oxygen atoms in total. The highest BCUT2D eigenvalue weighted by atomic mass is 79.9. The number of nitrogens with one attached hydrogen (secondary N) is 2. The molecule has 1 atom stereocenters. The number of hydrogen-bond donors (Lipinski definition) is 2. The first kappa shape index (κ1) is 28.9. The fourth-order valence-corrected chi connectivity index (χ4v) is 8.03. The zero-order valence-corrected chi connectivity index (χ0v) is 26.1. The number of aryl methyl sites for hydroxylation is 1. The van der Waals surface area contributed by atoms with E-state index in [0.717, 1.165) is 49.9 Å². The van der Waals surface area contributed by atoms with Crippen LogP contribution >= 0.6 is 15.9 Å². The van der Waals surface area contributed by atoms with Crippen molar-refractivity contribution < 1.29 is 16.8 Å². The van der Waals surface area contributed by atoms with E-state index < -0.39 is 20.0 Å². The van der Waals surface area contributed by atoms with Crippen LogP contribution in [0.25, 0.3) is 5.69 Å². The van der Waals surface area contributed by atoms with Gasteiger partial charge in [-0.25, -0.2) is 26.6 Å². The molecule has 0 aliphatic carbocycles. The van der Waals surface area contributed by atoms with E-state index in [2.05, 4.69) is 37.0 Å². The van der Waals surface area contributed by atoms with Crippen molar-refractivity contribution in [3.8, 4) is 5.69 Å². The summed E-state index contributed by atoms with van der Waals surface area (Å²) in [5, 5.41) is 3.53. The molecule has 1 fully saturated rings. The van der Waals surface area contributed by atoms with Crippen LogP contribution in [-0.2, 0) is 26.5 Å². The van der Waals surface area contributed by atoms with E-state index >= 15 is 0 Å². The van der Waals surface area contributed by atoms with Crippen molar-refractivity contribution in [2.45, 2.75) is 51.5 Å². The Bertz CT molecular complexity index is 1720. The van der Waals surface area contributed by atoms with Crippen molar-refractivity contribution in [2.24, 2.45) is 4.99 Å². The number of aromatic nitrogens is 2. The number of sulfonamides is 2. The maximum absolute atomic E-state index is 12.6. The van der Waals surface area contributed by atoms with Crippen molar-refractivity contribution in [3.05, 3.63) is 63.6 Å². The first-order valence-electron chi connectivity index (χ1n) is 13.2. The third-order valence-corrected chi connectivity index (χ3v) is 11.4. The fourth-order valence-electron chi connectivity index (χ4n) is 5.39. The summed E-state index contributed by atoms with van der Waals surface area (Å²) in [5.41, 5.74) is 6.93. The van der Waals surface area contributed by atoms with Crippen LogP contribution in [0.4, 0.5) is 11.4 Å². The van der Waals surface area contributed by atoms with Gasteiger partial charge in [0.25, 0.3) is 0 Å². The molecule has 0 saturated carbocycles. The maximum atomic E-state index is 12.6. The van der Waals surface area contributed by atoms with Gasteiger partial charge in [-0.05, 0) is 67.4 Å². The van der Waals surface area contributed by atoms with E-state index in [1.807, 2.05) is 24.5 Å². The Morgan fingerprint density at radius 1 is 1.12 bits per heavy atom. The molecule has 13 heteroatoms. The van der Waals surface area contributed by atoms with Gasteiger partial charge >= 0.3 is 0 Å². The van der Waals surface area contributed by atoms with Crippen LogP contribution < -0.4 is 10.0 Å². The topological polar surface area (TPSA) is 126 Å². The maximum Gasteiger partial charge on any atom is 0.240 e. The van der Waals surface area contributed by atoms with Crippen molar-refractivity contribution >= 4 is 53.1 Å². The molecule has 1 aromatic carbocycles. The SMILES string of the molecule is CCNS(=O)(=O)c1cccc(-n2c(C)cc(C3=Nc4c(ncc(Br)c4NC4CCN(S(=O)(=O)CC)C4)C3)c2C)c1. The Balaban J connectivity index is 1.46. The number of nitrogens with zero attached hydrogens (tertiary/aromatic N) is 4. The lowest BCUT2D eigenvalue weighted by Gasteiger charge is -2.18. The highest BCUT2D eigenvalue weighted by molar-refractivity contribution is 9.10. The van der Waals surface area contributed by atoms with Gasteiger partial charge in [-0.2, -0.15) is 4.31 Å². The van der Waals surface area contributed by atoms with Gasteiger partial charge in [0.2, 0.25) is 20.0 Å². The number of halogens is 1. The Labute approximate surface area is 244 Å². The van der Waals surface area contributed by atoms with Crippen molar-refractivity contribution in [1.82, 2.24) is 18.6 Å². The van der Waals surface area contributed by atoms with Crippen LogP contribution in [0.3, 0.4) is 0 Å². The molecule has 0 bridgehead atoms. The fraction of sp³-hybridized carbons (Fsp3) is 0.407. The average Bonchev–Trinajstić information content (AvgIpc) is 3.63. The van der Waals surface area contributed by atoms with E-state index in [1.54, 1.807) is 42.5 Å². The Morgan fingerprint density at radius 2 is 1.90 bits per heavy atom. The molecule has 2 aromatic heterocycles. The zero-order chi connectivity index (χ0) is 28.8. The van der Waals surface area contributed by atoms with E-state index in [-0.39, 0.29) is 16.7 Å². The molecule has 0 spiro atoms. The molecule has 0 amide bonds. The monoisotopic (exact) mass is 648 g/mol. The lowest BCUT2D eigenvalue weighted by molar-refractivity contribution is 0.475. The number of anilines is 1. The number of aliphatic imine (C=N–C) groups is 1. The predicted octanol–water partition coefficient (Wildman–Crippen LogP) is 4.06. The van der Waals surface area contributed by atoms with Crippen LogP contribution in [0.2, 0.25) is 0 Å². The minimum Gasteiger partial charge on any atom is -0.378 e. The van der Waals surface area contributed by atoms with Gasteiger partial charge in [-0.1, -0.05) is 13.0 Å². The number of hydrogen-bond acceptors (Lipinski definition) is 7. The molecule has 1 unspecified atom stereocenters. The lowest BCUT2D eigenvalue weighted by atomic mass is 10.1. The molecule has 2 aliphatic heterocycles. The van der Waals surface area contributed by atoms with E-state index in [1.165, 1.54) is 0 Å². The quantitative estimate of drug-likeness (QED) is 0.360. The third kappa shape index (κ3) is 5.37. The van der Waals surface area contributed by atoms with E-state index in [9.17, 15) is 16.8 Å². The highest BCUT2D eigenvalue weighted by Gasteiger charge is 2.32. The minimum absolute atomic E-state index is 0.0285. The van der Waals surface area contributed by atoms with Gasteiger partial charge < -0.3 is 9.88 Å². The Morgan fingerprint density at radius 3 is 2.62 bits per heavy atom. The molecular weight excluding hydrogens is 616 g/mol. The van der Waals surface area contributed by atoms with Crippen LogP contribution in [0.1, 0.15) is 42.9 Å². The van der Waals surface area contributed by atoms with Gasteiger partial charge in [0, 0.05) is 60.9 Å². The molecule has 3 aromatic rings. The average molecular weight is 650 g/mol. The summed E-state index contributed by atoms with van der Waals surface area (Å²) in [4.78, 5) is 9.85. The largest absolute Gasteiger partial charge is 0.378 e. The van der Waals surface area contributed by atoms with Crippen molar-refractivity contribution in [2.75, 3.05) is 30.7 Å². The van der Waals surface area contributed by atoms with Gasteiger partial charge in [-0.3, -0.25) is 4.98 Å². The smallest absolute Gasteiger partial charge is 0.240 e. The Kier molecular flexibility index (Phi) is 7.96. The summed E-state index contributed by atoms with van der Waals surface area (Å²) >= 11 is 3.61. The normalized spacial score (nSPS) is 17.7. The van der Waals surface area contributed by atoms with Crippen LogP contribution in [0.15, 0.2) is 50.9 Å². The summed E-state index contributed by atoms with van der Waals surface area (Å²) in [7, 11) is -6.82. The molecule has 4 heterocycles. The second-order valence-corrected chi connectivity index (χ2v) is 14.9. The molecule has 2 aliphatic rings. The molecule has 40 heavy (non-hydrogen) atoms. The van der Waals surface area contributed by atoms with E-state index in [0.29, 0.717) is 32.5 Å². The second kappa shape index (κ2) is 11.0. The van der Waals surface area contributed by atoms with Crippen molar-refractivity contribution in [3.63, 3.8) is 0 Å². The lowest BCUT2D eigenvalue weighted by Crippen LogP contribution is -2.32. The van der Waals surface area contributed by atoms with Gasteiger partial charge in [0.05, 0.1) is 32.2 Å². The van der Waals surface area contributed by atoms with Gasteiger partial charge in [0.1, 0.15) is 5.69 Å². The summed E-state index contributed by atoms with van der Waals surface area (Å²) < 4.78 is 56.8. The standard InChI is InChI=1S/C27H33BrN6O4S2/c1-5-30-40(37,38)21-9-7-8-20(13-21)34-17(3)12-22(18(34)4)24-14-25-27(32-24)26(23(28)15-29-25)31-19-10-11-33(16-19)39(35,36)6-2/h7-9,12-13,15,19,30H,5-6,10-11,14,16H2,1-4H3,(H,29,31). The number of pyridine rings is 1. The molecule has 5 rings (SSSR count). The van der Waals surface area contributed by atoms with Gasteiger partial charge in [-0.15, -0.1) is 0 Å². The summed E-state index contributed by atoms with van der Waals surface area (Å²) in [6.45, 7) is 8.64. The van der Waals surface area contributed by atoms with Crippen LogP contribution in [0, 0.1) is 13.8 Å². The zero-order valence-electron chi connectivity index (χ0n) is 22.9. The third-order valence-electron chi connectivity index (χ3n) is 7.38. The first-order chi connectivity index (χ1) is 18.9. The summed E-state index contributed by atoms with van der Waals surface area (Å²) in [6.07, 6.45) is 3.02. The highest BCUT2D eigenvalue weighted by Crippen LogP contribution is 2.41. The predicted molar refractivity (Wildman–Crippen MR) is 161 cm³/mol. The second-order valence-electron chi connectivity index (χ2n) is 10.0. The first-order valence-corrected chi connectivity index (χ1v) is 17.1. The van der Waals surface area contributed by atoms with Crippen LogP contribution in [-0.4, -0.2) is 67.8 Å². The summed E-state index contributed by atoms with van der Waals surface area (Å²) in [6, 6.07) is 8.95. The summed E-state index contributed by atoms with van der Waals surface area (Å²) in [5.74, 6) is 0.0931. The molecule has 2 N–H and O–H groups in total. The molecule has 0 radical (unpaired) electrons. The van der Waals surface area contributed by atoms with Crippen molar-refractivity contribution in [1.29, 1.82) is 0 Å².